The van der Waals surface area contributed by atoms with Crippen molar-refractivity contribution in [2.45, 2.75) is 63.7 Å². The van der Waals surface area contributed by atoms with Crippen LogP contribution in [0.1, 0.15) is 39.0 Å². The van der Waals surface area contributed by atoms with Crippen molar-refractivity contribution in [2.24, 2.45) is 11.8 Å². The molecule has 5 rings (SSSR count). The van der Waals surface area contributed by atoms with Gasteiger partial charge in [-0.2, -0.15) is 0 Å². The lowest BCUT2D eigenvalue weighted by atomic mass is 9.96. The maximum Gasteiger partial charge on any atom is 0.149 e. The largest absolute Gasteiger partial charge is 0.378 e. The van der Waals surface area contributed by atoms with E-state index in [0.29, 0.717) is 63.0 Å². The maximum atomic E-state index is 15.0. The van der Waals surface area contributed by atoms with Crippen molar-refractivity contribution >= 4 is 11.4 Å². The molecule has 1 aromatic carbocycles. The molecule has 0 aromatic heterocycles. The number of aliphatic hydroxyl groups is 1. The first kappa shape index (κ1) is 22.9. The lowest BCUT2D eigenvalue weighted by Gasteiger charge is -2.41. The number of ether oxygens (including phenoxy) is 2. The Hall–Kier alpha value is -1.90. The van der Waals surface area contributed by atoms with Gasteiger partial charge >= 0.3 is 0 Å². The Morgan fingerprint density at radius 1 is 1.21 bits per heavy atom. The fraction of sp³-hybridized carbons (Fsp3) is 0.680. The Labute approximate surface area is 194 Å². The Kier molecular flexibility index (Phi) is 6.77. The van der Waals surface area contributed by atoms with E-state index in [9.17, 15) is 9.50 Å². The van der Waals surface area contributed by atoms with Crippen molar-refractivity contribution in [1.29, 1.82) is 0 Å². The van der Waals surface area contributed by atoms with Gasteiger partial charge in [-0.25, -0.2) is 8.78 Å². The molecule has 6 unspecified atom stereocenters. The van der Waals surface area contributed by atoms with E-state index in [1.807, 2.05) is 22.8 Å². The van der Waals surface area contributed by atoms with E-state index in [1.165, 1.54) is 6.07 Å². The molecular weight excluding hydrogens is 428 g/mol. The Balaban J connectivity index is 1.21. The van der Waals surface area contributed by atoms with Crippen molar-refractivity contribution in [3.63, 3.8) is 0 Å². The molecule has 4 aliphatic rings. The number of alkyl halides is 1. The number of benzene rings is 1. The van der Waals surface area contributed by atoms with Crippen LogP contribution in [0.25, 0.3) is 0 Å². The van der Waals surface area contributed by atoms with Crippen LogP contribution < -0.4 is 15.1 Å². The number of nitrogens with one attached hydrogen (secondary N) is 1. The number of anilines is 2. The summed E-state index contributed by atoms with van der Waals surface area (Å²) in [6, 6.07) is 5.16. The highest BCUT2D eigenvalue weighted by Gasteiger charge is 2.49. The normalized spacial score (nSPS) is 33.9. The smallest absolute Gasteiger partial charge is 0.149 e. The van der Waals surface area contributed by atoms with E-state index in [1.54, 1.807) is 12.1 Å². The Bertz CT molecular complexity index is 863. The average Bonchev–Trinajstić information content (AvgIpc) is 3.57. The van der Waals surface area contributed by atoms with E-state index in [4.69, 9.17) is 9.47 Å². The van der Waals surface area contributed by atoms with Gasteiger partial charge in [0.05, 0.1) is 25.0 Å². The molecule has 2 saturated carbocycles. The molecule has 0 spiro atoms. The SMILES string of the molecule is CC1=CC(O)N(c2ccc(N3CCOCC3)c(F)c2)C(CCCOC2CC(F)C3CC3C2)N1. The molecule has 182 valence electrons. The quantitative estimate of drug-likeness (QED) is 0.604. The average molecular weight is 464 g/mol. The number of halogens is 2. The van der Waals surface area contributed by atoms with Crippen LogP contribution in [-0.2, 0) is 9.47 Å². The highest BCUT2D eigenvalue weighted by atomic mass is 19.1. The van der Waals surface area contributed by atoms with Crippen LogP contribution in [-0.4, -0.2) is 62.7 Å². The Morgan fingerprint density at radius 3 is 2.79 bits per heavy atom. The molecule has 8 heteroatoms. The fourth-order valence-electron chi connectivity index (χ4n) is 5.64. The number of rotatable bonds is 7. The molecule has 0 amide bonds. The van der Waals surface area contributed by atoms with Gasteiger partial charge in [0.1, 0.15) is 24.4 Å². The third kappa shape index (κ3) is 5.12. The number of hydrogen-bond donors (Lipinski definition) is 2. The minimum Gasteiger partial charge on any atom is -0.378 e. The summed E-state index contributed by atoms with van der Waals surface area (Å²) < 4.78 is 40.4. The van der Waals surface area contributed by atoms with Crippen LogP contribution in [0.5, 0.6) is 0 Å². The molecule has 0 bridgehead atoms. The summed E-state index contributed by atoms with van der Waals surface area (Å²) in [5.41, 5.74) is 2.09. The molecule has 33 heavy (non-hydrogen) atoms. The van der Waals surface area contributed by atoms with E-state index in [-0.39, 0.29) is 24.0 Å². The number of hydrogen-bond acceptors (Lipinski definition) is 6. The lowest BCUT2D eigenvalue weighted by molar-refractivity contribution is 0.000313. The molecule has 2 aliphatic heterocycles. The zero-order valence-electron chi connectivity index (χ0n) is 19.3. The Morgan fingerprint density at radius 2 is 2.03 bits per heavy atom. The van der Waals surface area contributed by atoms with Gasteiger partial charge in [0.25, 0.3) is 0 Å². The number of fused-ring (bicyclic) bond motifs is 1. The zero-order valence-corrected chi connectivity index (χ0v) is 19.3. The van der Waals surface area contributed by atoms with Gasteiger partial charge in [-0.05, 0) is 68.7 Å². The summed E-state index contributed by atoms with van der Waals surface area (Å²) in [6.07, 6.45) is 4.02. The second kappa shape index (κ2) is 9.76. The predicted octanol–water partition coefficient (Wildman–Crippen LogP) is 3.55. The second-order valence-corrected chi connectivity index (χ2v) is 9.85. The highest BCUT2D eigenvalue weighted by molar-refractivity contribution is 5.59. The monoisotopic (exact) mass is 463 g/mol. The first-order chi connectivity index (χ1) is 16.0. The third-order valence-electron chi connectivity index (χ3n) is 7.47. The van der Waals surface area contributed by atoms with Gasteiger partial charge in [0.15, 0.2) is 0 Å². The predicted molar refractivity (Wildman–Crippen MR) is 123 cm³/mol. The molecule has 1 saturated heterocycles. The van der Waals surface area contributed by atoms with Gasteiger partial charge in [-0.15, -0.1) is 0 Å². The van der Waals surface area contributed by atoms with Crippen LogP contribution in [0.4, 0.5) is 20.2 Å². The van der Waals surface area contributed by atoms with E-state index < -0.39 is 12.4 Å². The molecule has 2 N–H and O–H groups in total. The maximum absolute atomic E-state index is 15.0. The van der Waals surface area contributed by atoms with Crippen molar-refractivity contribution in [1.82, 2.24) is 5.32 Å². The molecular formula is C25H35F2N3O3. The molecule has 6 atom stereocenters. The molecule has 2 heterocycles. The van der Waals surface area contributed by atoms with Crippen LogP contribution in [0.2, 0.25) is 0 Å². The van der Waals surface area contributed by atoms with Gasteiger partial charge in [0.2, 0.25) is 0 Å². The van der Waals surface area contributed by atoms with Crippen LogP contribution >= 0.6 is 0 Å². The van der Waals surface area contributed by atoms with Gasteiger partial charge in [-0.1, -0.05) is 0 Å². The van der Waals surface area contributed by atoms with Crippen molar-refractivity contribution in [3.8, 4) is 0 Å². The first-order valence-electron chi connectivity index (χ1n) is 12.3. The summed E-state index contributed by atoms with van der Waals surface area (Å²) in [7, 11) is 0. The lowest BCUT2D eigenvalue weighted by Crippen LogP contribution is -2.53. The van der Waals surface area contributed by atoms with E-state index in [0.717, 1.165) is 25.0 Å². The van der Waals surface area contributed by atoms with Crippen molar-refractivity contribution in [3.05, 3.63) is 35.8 Å². The number of aliphatic hydroxyl groups excluding tert-OH is 1. The van der Waals surface area contributed by atoms with Crippen LogP contribution in [0.15, 0.2) is 30.0 Å². The highest BCUT2D eigenvalue weighted by Crippen LogP contribution is 2.51. The molecule has 0 radical (unpaired) electrons. The summed E-state index contributed by atoms with van der Waals surface area (Å²) in [5, 5.41) is 14.2. The topological polar surface area (TPSA) is 57.2 Å². The molecule has 6 nitrogen and oxygen atoms in total. The van der Waals surface area contributed by atoms with Gasteiger partial charge in [-0.3, -0.25) is 0 Å². The fourth-order valence-corrected chi connectivity index (χ4v) is 5.64. The number of allylic oxidation sites excluding steroid dienone is 1. The first-order valence-corrected chi connectivity index (χ1v) is 12.3. The standard InChI is InChI=1S/C25H35F2N3O3/c1-16-11-25(31)30(18-4-5-23(22(27)14-18)29-6-9-32-10-7-29)24(28-16)3-2-8-33-19-12-17-13-20(17)21(26)15-19/h4-5,11,14,17,19-21,24-25,28,31H,2-3,6-10,12-13,15H2,1H3. The molecule has 3 fully saturated rings. The van der Waals surface area contributed by atoms with E-state index >= 15 is 4.39 Å². The summed E-state index contributed by atoms with van der Waals surface area (Å²) in [5.74, 6) is 0.509. The van der Waals surface area contributed by atoms with Crippen molar-refractivity contribution < 1.29 is 23.4 Å². The zero-order chi connectivity index (χ0) is 22.9. The number of morpholine rings is 1. The second-order valence-electron chi connectivity index (χ2n) is 9.85. The van der Waals surface area contributed by atoms with E-state index in [2.05, 4.69) is 5.32 Å². The van der Waals surface area contributed by atoms with Crippen LogP contribution in [0.3, 0.4) is 0 Å². The third-order valence-corrected chi connectivity index (χ3v) is 7.47. The summed E-state index contributed by atoms with van der Waals surface area (Å²) >= 11 is 0. The van der Waals surface area contributed by atoms with Gasteiger partial charge in [0, 0.05) is 37.5 Å². The van der Waals surface area contributed by atoms with Gasteiger partial charge < -0.3 is 29.7 Å². The minimum absolute atomic E-state index is 0.0215. The molecule has 2 aliphatic carbocycles. The summed E-state index contributed by atoms with van der Waals surface area (Å²) in [4.78, 5) is 3.80. The molecule has 1 aromatic rings. The number of nitrogens with zero attached hydrogens (tertiary/aromatic N) is 2. The van der Waals surface area contributed by atoms with Crippen molar-refractivity contribution in [2.75, 3.05) is 42.7 Å². The summed E-state index contributed by atoms with van der Waals surface area (Å²) in [6.45, 7) is 5.00. The minimum atomic E-state index is -0.844. The van der Waals surface area contributed by atoms with Crippen LogP contribution in [0, 0.1) is 17.7 Å².